The number of allylic oxidation sites excluding steroid dienone is 2. The first-order valence-electron chi connectivity index (χ1n) is 19.6. The Kier molecular flexibility index (Phi) is 11.6. The van der Waals surface area contributed by atoms with E-state index in [1.54, 1.807) is 0 Å². The lowest BCUT2D eigenvalue weighted by Crippen LogP contribution is -2.49. The molecule has 7 rings (SSSR count). The van der Waals surface area contributed by atoms with Crippen molar-refractivity contribution in [3.63, 3.8) is 0 Å². The van der Waals surface area contributed by atoms with Crippen molar-refractivity contribution in [1.82, 2.24) is 4.90 Å². The predicted molar refractivity (Wildman–Crippen MR) is 237 cm³/mol. The van der Waals surface area contributed by atoms with E-state index in [4.69, 9.17) is 4.74 Å². The third-order valence-corrected chi connectivity index (χ3v) is 15.7. The fraction of sp³-hybridized carbons (Fsp3) is 0.320. The van der Waals surface area contributed by atoms with Crippen LogP contribution in [0.1, 0.15) is 70.0 Å². The maximum absolute atomic E-state index is 6.43. The van der Waals surface area contributed by atoms with Crippen molar-refractivity contribution in [2.24, 2.45) is 5.92 Å². The van der Waals surface area contributed by atoms with Gasteiger partial charge in [-0.25, -0.2) is 0 Å². The van der Waals surface area contributed by atoms with Gasteiger partial charge in [0.1, 0.15) is 0 Å². The molecule has 4 atom stereocenters. The molecule has 0 bridgehead atoms. The molecule has 0 aromatic heterocycles. The van der Waals surface area contributed by atoms with E-state index in [-0.39, 0.29) is 24.2 Å². The largest absolute Gasteiger partial charge is 0.373 e. The highest BCUT2D eigenvalue weighted by molar-refractivity contribution is 7.80. The third-order valence-electron chi connectivity index (χ3n) is 10.7. The molecule has 4 heteroatoms. The number of morpholine rings is 1. The highest BCUT2D eigenvalue weighted by Gasteiger charge is 2.40. The molecule has 1 heterocycles. The number of hydrogen-bond donors (Lipinski definition) is 0. The molecule has 1 aliphatic heterocycles. The van der Waals surface area contributed by atoms with Crippen LogP contribution in [0.4, 0.5) is 0 Å². The minimum absolute atomic E-state index is 0.142. The standard InChI is InChI=1S/C50H57NOP2/c1-32-18-33(2)23-42(22-32)53(43-24-34(3)19-35(4)25-43)48-16-12-11-14-46(48)50(51-30-40(9)52-41(10)31-51)47-15-13-17-49(47)54(44-26-36(5)20-37(6)27-44)45-28-38(7)21-39(8)29-45/h11-29,40-41,47,50H,30-31H2,1-10H3/t40-,41+,47?,50-/m1/s1. The van der Waals surface area contributed by atoms with Gasteiger partial charge in [0.05, 0.1) is 12.2 Å². The summed E-state index contributed by atoms with van der Waals surface area (Å²) in [5, 5.41) is 8.72. The van der Waals surface area contributed by atoms with Gasteiger partial charge in [0.25, 0.3) is 0 Å². The second-order valence-corrected chi connectivity index (χ2v) is 20.7. The molecule has 2 aliphatic rings. The summed E-state index contributed by atoms with van der Waals surface area (Å²) >= 11 is 0. The van der Waals surface area contributed by atoms with Crippen LogP contribution in [0.25, 0.3) is 0 Å². The van der Waals surface area contributed by atoms with Gasteiger partial charge < -0.3 is 4.74 Å². The van der Waals surface area contributed by atoms with Gasteiger partial charge in [0.15, 0.2) is 0 Å². The van der Waals surface area contributed by atoms with Crippen LogP contribution in [0.3, 0.4) is 0 Å². The third kappa shape index (κ3) is 8.44. The molecule has 5 aromatic carbocycles. The van der Waals surface area contributed by atoms with Gasteiger partial charge in [-0.1, -0.05) is 160 Å². The summed E-state index contributed by atoms with van der Waals surface area (Å²) in [6.45, 7) is 24.3. The Hall–Kier alpha value is -3.64. The van der Waals surface area contributed by atoms with Crippen LogP contribution in [0.15, 0.2) is 121 Å². The lowest BCUT2D eigenvalue weighted by Gasteiger charge is -2.44. The SMILES string of the molecule is Cc1cc(C)cc(P(C2=CC=CC2[C@@H](c2ccccc2P(c2cc(C)cc(C)c2)c2cc(C)cc(C)c2)N2C[C@@H](C)O[C@@H](C)C2)c2cc(C)cc(C)c2)c1. The molecule has 2 nitrogen and oxygen atoms in total. The average molecular weight is 750 g/mol. The van der Waals surface area contributed by atoms with Gasteiger partial charge in [0.2, 0.25) is 0 Å². The Bertz CT molecular complexity index is 2040. The molecule has 54 heavy (non-hydrogen) atoms. The number of benzene rings is 5. The molecule has 5 aromatic rings. The van der Waals surface area contributed by atoms with E-state index < -0.39 is 15.8 Å². The Morgan fingerprint density at radius 3 is 1.35 bits per heavy atom. The lowest BCUT2D eigenvalue weighted by atomic mass is 9.91. The van der Waals surface area contributed by atoms with E-state index in [0.717, 1.165) is 13.1 Å². The molecule has 278 valence electrons. The van der Waals surface area contributed by atoms with E-state index in [1.165, 1.54) is 81.9 Å². The molecule has 0 saturated carbocycles. The smallest absolute Gasteiger partial charge is 0.0678 e. The zero-order valence-electron chi connectivity index (χ0n) is 33.9. The lowest BCUT2D eigenvalue weighted by molar-refractivity contribution is -0.0838. The van der Waals surface area contributed by atoms with Crippen LogP contribution in [0.2, 0.25) is 0 Å². The second kappa shape index (κ2) is 16.2. The summed E-state index contributed by atoms with van der Waals surface area (Å²) in [6, 6.07) is 38.5. The van der Waals surface area contributed by atoms with Crippen molar-refractivity contribution >= 4 is 42.4 Å². The Morgan fingerprint density at radius 2 is 0.926 bits per heavy atom. The summed E-state index contributed by atoms with van der Waals surface area (Å²) in [5.41, 5.74) is 12.1. The highest BCUT2D eigenvalue weighted by atomic mass is 31.1. The Morgan fingerprint density at radius 1 is 0.537 bits per heavy atom. The van der Waals surface area contributed by atoms with Gasteiger partial charge >= 0.3 is 0 Å². The number of ether oxygens (including phenoxy) is 1. The zero-order valence-corrected chi connectivity index (χ0v) is 35.7. The normalized spacial score (nSPS) is 19.5. The molecule has 0 amide bonds. The van der Waals surface area contributed by atoms with Crippen LogP contribution < -0.4 is 26.5 Å². The molecule has 0 spiro atoms. The average Bonchev–Trinajstić information content (AvgIpc) is 3.52. The molecule has 1 unspecified atom stereocenters. The molecule has 1 saturated heterocycles. The van der Waals surface area contributed by atoms with E-state index in [9.17, 15) is 0 Å². The summed E-state index contributed by atoms with van der Waals surface area (Å²) < 4.78 is 6.43. The summed E-state index contributed by atoms with van der Waals surface area (Å²) in [6.07, 6.45) is 7.67. The molecular formula is C50H57NOP2. The van der Waals surface area contributed by atoms with Crippen LogP contribution >= 0.6 is 15.8 Å². The zero-order chi connectivity index (χ0) is 38.3. The predicted octanol–water partition coefficient (Wildman–Crippen LogP) is 10.3. The van der Waals surface area contributed by atoms with E-state index in [0.29, 0.717) is 0 Å². The number of hydrogen-bond acceptors (Lipinski definition) is 2. The van der Waals surface area contributed by atoms with Gasteiger partial charge in [-0.15, -0.1) is 0 Å². The maximum Gasteiger partial charge on any atom is 0.0678 e. The summed E-state index contributed by atoms with van der Waals surface area (Å²) in [4.78, 5) is 2.78. The maximum atomic E-state index is 6.43. The van der Waals surface area contributed by atoms with Gasteiger partial charge in [0, 0.05) is 25.0 Å². The quantitative estimate of drug-likeness (QED) is 0.139. The first kappa shape index (κ1) is 38.6. The van der Waals surface area contributed by atoms with Crippen LogP contribution in [-0.2, 0) is 4.74 Å². The van der Waals surface area contributed by atoms with Gasteiger partial charge in [-0.3, -0.25) is 4.90 Å². The number of rotatable bonds is 9. The van der Waals surface area contributed by atoms with Crippen molar-refractivity contribution < 1.29 is 4.74 Å². The number of aryl methyl sites for hydroxylation is 8. The Labute approximate surface area is 327 Å². The first-order chi connectivity index (χ1) is 25.8. The topological polar surface area (TPSA) is 12.5 Å². The summed E-state index contributed by atoms with van der Waals surface area (Å²) in [7, 11) is -1.66. The number of nitrogens with zero attached hydrogens (tertiary/aromatic N) is 1. The van der Waals surface area contributed by atoms with Crippen LogP contribution in [-0.4, -0.2) is 30.2 Å². The van der Waals surface area contributed by atoms with E-state index >= 15 is 0 Å². The molecule has 1 aliphatic carbocycles. The molecule has 0 radical (unpaired) electrons. The van der Waals surface area contributed by atoms with Crippen molar-refractivity contribution in [3.05, 3.63) is 171 Å². The monoisotopic (exact) mass is 749 g/mol. The molecular weight excluding hydrogens is 693 g/mol. The summed E-state index contributed by atoms with van der Waals surface area (Å²) in [5.74, 6) is 0.201. The minimum Gasteiger partial charge on any atom is -0.373 e. The Balaban J connectivity index is 1.46. The second-order valence-electron chi connectivity index (χ2n) is 16.3. The van der Waals surface area contributed by atoms with Crippen molar-refractivity contribution in [2.75, 3.05) is 13.1 Å². The van der Waals surface area contributed by atoms with Crippen molar-refractivity contribution in [1.29, 1.82) is 0 Å². The molecule has 0 N–H and O–H groups in total. The minimum atomic E-state index is -0.852. The van der Waals surface area contributed by atoms with Crippen molar-refractivity contribution in [3.8, 4) is 0 Å². The van der Waals surface area contributed by atoms with Gasteiger partial charge in [-0.05, 0) is 122 Å². The fourth-order valence-corrected chi connectivity index (χ4v) is 15.0. The highest BCUT2D eigenvalue weighted by Crippen LogP contribution is 2.54. The molecule has 1 fully saturated rings. The van der Waals surface area contributed by atoms with Gasteiger partial charge in [-0.2, -0.15) is 0 Å². The van der Waals surface area contributed by atoms with E-state index in [1.807, 2.05) is 0 Å². The van der Waals surface area contributed by atoms with Crippen LogP contribution in [0.5, 0.6) is 0 Å². The van der Waals surface area contributed by atoms with Crippen molar-refractivity contribution in [2.45, 2.75) is 87.5 Å². The fourth-order valence-electron chi connectivity index (χ4n) is 9.17. The first-order valence-corrected chi connectivity index (χ1v) is 22.3. The van der Waals surface area contributed by atoms with E-state index in [2.05, 4.69) is 189 Å². The van der Waals surface area contributed by atoms with Crippen LogP contribution in [0, 0.1) is 61.3 Å².